The van der Waals surface area contributed by atoms with E-state index in [9.17, 15) is 8.42 Å². The molecule has 0 N–H and O–H groups in total. The van der Waals surface area contributed by atoms with Crippen LogP contribution in [0.1, 0.15) is 19.3 Å². The van der Waals surface area contributed by atoms with E-state index in [2.05, 4.69) is 20.8 Å². The molecule has 29 heavy (non-hydrogen) atoms. The predicted molar refractivity (Wildman–Crippen MR) is 121 cm³/mol. The molecular formula is C19H20N4O2S4. The topological polar surface area (TPSA) is 77.7 Å². The molecule has 1 aromatic carbocycles. The zero-order valence-corrected chi connectivity index (χ0v) is 19.1. The fraction of sp³-hybridized carbons (Fsp3) is 0.316. The van der Waals surface area contributed by atoms with Gasteiger partial charge in [0.2, 0.25) is 0 Å². The lowest BCUT2D eigenvalue weighted by molar-refractivity contribution is 0.563. The van der Waals surface area contributed by atoms with Crippen LogP contribution in [0.25, 0.3) is 20.9 Å². The van der Waals surface area contributed by atoms with Gasteiger partial charge in [0.1, 0.15) is 9.84 Å². The van der Waals surface area contributed by atoms with Crippen molar-refractivity contribution in [2.75, 3.05) is 12.0 Å². The number of hydrogen-bond acceptors (Lipinski definition) is 8. The lowest BCUT2D eigenvalue weighted by Gasteiger charge is -2.08. The van der Waals surface area contributed by atoms with Crippen molar-refractivity contribution in [2.45, 2.75) is 35.3 Å². The van der Waals surface area contributed by atoms with Gasteiger partial charge in [-0.25, -0.2) is 13.4 Å². The van der Waals surface area contributed by atoms with Crippen LogP contribution in [0.4, 0.5) is 0 Å². The summed E-state index contributed by atoms with van der Waals surface area (Å²) in [5, 5.41) is 11.7. The van der Waals surface area contributed by atoms with Gasteiger partial charge in [0, 0.05) is 18.6 Å². The van der Waals surface area contributed by atoms with Gasteiger partial charge >= 0.3 is 0 Å². The van der Waals surface area contributed by atoms with Gasteiger partial charge in [-0.05, 0) is 48.2 Å². The number of rotatable bonds is 9. The monoisotopic (exact) mass is 464 g/mol. The SMILES string of the molecule is CS(=O)(=O)CCCCCn1c(Sc2nc3ccccc3s2)nnc1-c1cccs1. The van der Waals surface area contributed by atoms with Gasteiger partial charge in [-0.1, -0.05) is 24.6 Å². The normalized spacial score (nSPS) is 12.0. The molecule has 0 spiro atoms. The maximum Gasteiger partial charge on any atom is 0.198 e. The molecule has 0 saturated carbocycles. The molecule has 0 radical (unpaired) electrons. The number of aromatic nitrogens is 4. The summed E-state index contributed by atoms with van der Waals surface area (Å²) in [7, 11) is -2.90. The second-order valence-electron chi connectivity index (χ2n) is 6.68. The molecule has 3 heterocycles. The first kappa shape index (κ1) is 20.5. The summed E-state index contributed by atoms with van der Waals surface area (Å²) < 4.78 is 26.9. The van der Waals surface area contributed by atoms with Crippen molar-refractivity contribution in [2.24, 2.45) is 0 Å². The molecule has 4 rings (SSSR count). The molecule has 0 fully saturated rings. The van der Waals surface area contributed by atoms with E-state index < -0.39 is 9.84 Å². The van der Waals surface area contributed by atoms with Crippen LogP contribution < -0.4 is 0 Å². The second kappa shape index (κ2) is 8.95. The molecule has 0 bridgehead atoms. The van der Waals surface area contributed by atoms with Crippen molar-refractivity contribution in [1.82, 2.24) is 19.7 Å². The van der Waals surface area contributed by atoms with Crippen molar-refractivity contribution >= 4 is 54.5 Å². The number of hydrogen-bond donors (Lipinski definition) is 0. The summed E-state index contributed by atoms with van der Waals surface area (Å²) in [6.45, 7) is 0.747. The standard InChI is InChI=1S/C19H20N4O2S4/c1-29(24,25)13-6-2-5-11-23-17(16-10-7-12-26-16)21-22-18(23)28-19-20-14-8-3-4-9-15(14)27-19/h3-4,7-10,12H,2,5-6,11,13H2,1H3. The molecule has 0 aliphatic rings. The Morgan fingerprint density at radius 1 is 1.07 bits per heavy atom. The Labute approximate surface area is 181 Å². The quantitative estimate of drug-likeness (QED) is 0.325. The first-order valence-corrected chi connectivity index (χ1v) is 13.8. The van der Waals surface area contributed by atoms with Gasteiger partial charge in [0.25, 0.3) is 0 Å². The minimum Gasteiger partial charge on any atom is -0.301 e. The van der Waals surface area contributed by atoms with Crippen LogP contribution in [0.15, 0.2) is 51.3 Å². The Hall–Kier alpha value is -1.75. The zero-order valence-electron chi connectivity index (χ0n) is 15.8. The number of thiophene rings is 1. The van der Waals surface area contributed by atoms with Crippen molar-refractivity contribution in [3.8, 4) is 10.7 Å². The van der Waals surface area contributed by atoms with Gasteiger partial charge in [0.05, 0.1) is 15.1 Å². The summed E-state index contributed by atoms with van der Waals surface area (Å²) >= 11 is 4.82. The van der Waals surface area contributed by atoms with E-state index in [1.165, 1.54) is 18.0 Å². The van der Waals surface area contributed by atoms with Gasteiger partial charge in [0.15, 0.2) is 15.3 Å². The van der Waals surface area contributed by atoms with Crippen LogP contribution in [0, 0.1) is 0 Å². The zero-order chi connectivity index (χ0) is 20.3. The Kier molecular flexibility index (Phi) is 6.33. The maximum atomic E-state index is 11.3. The van der Waals surface area contributed by atoms with Crippen LogP contribution in [0.3, 0.4) is 0 Å². The molecule has 0 atom stereocenters. The van der Waals surface area contributed by atoms with Crippen LogP contribution in [0.2, 0.25) is 0 Å². The molecule has 10 heteroatoms. The highest BCUT2D eigenvalue weighted by Crippen LogP contribution is 2.35. The van der Waals surface area contributed by atoms with Crippen molar-refractivity contribution in [3.63, 3.8) is 0 Å². The van der Waals surface area contributed by atoms with Gasteiger partial charge in [-0.2, -0.15) is 0 Å². The molecule has 0 aliphatic carbocycles. The first-order valence-electron chi connectivity index (χ1n) is 9.18. The summed E-state index contributed by atoms with van der Waals surface area (Å²) in [5.74, 6) is 1.09. The van der Waals surface area contributed by atoms with Crippen LogP contribution in [-0.4, -0.2) is 40.2 Å². The molecule has 0 amide bonds. The minimum absolute atomic E-state index is 0.236. The lowest BCUT2D eigenvalue weighted by atomic mass is 10.2. The average molecular weight is 465 g/mol. The van der Waals surface area contributed by atoms with E-state index in [4.69, 9.17) is 4.98 Å². The number of para-hydroxylation sites is 1. The Morgan fingerprint density at radius 3 is 2.69 bits per heavy atom. The number of fused-ring (bicyclic) bond motifs is 1. The van der Waals surface area contributed by atoms with Crippen molar-refractivity contribution < 1.29 is 8.42 Å². The third kappa shape index (κ3) is 5.25. The molecular weight excluding hydrogens is 445 g/mol. The third-order valence-corrected chi connectivity index (χ3v) is 8.29. The average Bonchev–Trinajstić information content (AvgIpc) is 3.40. The van der Waals surface area contributed by atoms with Crippen molar-refractivity contribution in [1.29, 1.82) is 0 Å². The minimum atomic E-state index is -2.90. The summed E-state index contributed by atoms with van der Waals surface area (Å²) in [4.78, 5) is 5.77. The largest absolute Gasteiger partial charge is 0.301 e. The molecule has 0 saturated heterocycles. The number of unbranched alkanes of at least 4 members (excludes halogenated alkanes) is 2. The Bertz CT molecular complexity index is 1160. The molecule has 152 valence electrons. The third-order valence-electron chi connectivity index (χ3n) is 4.31. The maximum absolute atomic E-state index is 11.3. The predicted octanol–water partition coefficient (Wildman–Crippen LogP) is 4.98. The highest BCUT2D eigenvalue weighted by atomic mass is 32.2. The molecule has 0 unspecified atom stereocenters. The summed E-state index contributed by atoms with van der Waals surface area (Å²) in [6.07, 6.45) is 3.68. The molecule has 6 nitrogen and oxygen atoms in total. The highest BCUT2D eigenvalue weighted by Gasteiger charge is 2.17. The fourth-order valence-corrected chi connectivity index (χ4v) is 6.41. The van der Waals surface area contributed by atoms with Crippen LogP contribution in [-0.2, 0) is 16.4 Å². The van der Waals surface area contributed by atoms with E-state index in [-0.39, 0.29) is 5.75 Å². The van der Waals surface area contributed by atoms with Crippen LogP contribution >= 0.6 is 34.4 Å². The van der Waals surface area contributed by atoms with Crippen molar-refractivity contribution in [3.05, 3.63) is 41.8 Å². The molecule has 0 aliphatic heterocycles. The van der Waals surface area contributed by atoms with Crippen LogP contribution in [0.5, 0.6) is 0 Å². The summed E-state index contributed by atoms with van der Waals surface area (Å²) in [6, 6.07) is 12.1. The van der Waals surface area contributed by atoms with E-state index in [1.54, 1.807) is 22.7 Å². The van der Waals surface area contributed by atoms with Gasteiger partial charge in [-0.3, -0.25) is 0 Å². The fourth-order valence-electron chi connectivity index (χ4n) is 2.94. The van der Waals surface area contributed by atoms with Gasteiger partial charge in [-0.15, -0.1) is 32.9 Å². The van der Waals surface area contributed by atoms with E-state index in [0.29, 0.717) is 6.42 Å². The summed E-state index contributed by atoms with van der Waals surface area (Å²) in [5.41, 5.74) is 0.991. The smallest absolute Gasteiger partial charge is 0.198 e. The number of nitrogens with zero attached hydrogens (tertiary/aromatic N) is 4. The first-order chi connectivity index (χ1) is 14.0. The van der Waals surface area contributed by atoms with E-state index in [0.717, 1.165) is 49.8 Å². The number of benzene rings is 1. The lowest BCUT2D eigenvalue weighted by Crippen LogP contribution is -2.05. The molecule has 4 aromatic rings. The van der Waals surface area contributed by atoms with E-state index in [1.807, 2.05) is 35.7 Å². The number of thiazole rings is 1. The molecule has 3 aromatic heterocycles. The number of sulfone groups is 1. The Morgan fingerprint density at radius 2 is 1.93 bits per heavy atom. The van der Waals surface area contributed by atoms with Gasteiger partial charge < -0.3 is 4.57 Å². The highest BCUT2D eigenvalue weighted by molar-refractivity contribution is 8.01. The Balaban J connectivity index is 1.53. The second-order valence-corrected chi connectivity index (χ2v) is 12.1. The van der Waals surface area contributed by atoms with E-state index >= 15 is 0 Å².